The molecule has 0 aliphatic carbocycles. The predicted molar refractivity (Wildman–Crippen MR) is 164 cm³/mol. The Labute approximate surface area is 255 Å². The number of unbranched alkanes of at least 4 members (excludes halogenated alkanes) is 1. The average molecular weight is 640 g/mol. The fourth-order valence-electron chi connectivity index (χ4n) is 4.72. The van der Waals surface area contributed by atoms with Gasteiger partial charge in [-0.05, 0) is 84.3 Å². The van der Waals surface area contributed by atoms with Gasteiger partial charge < -0.3 is 15.2 Å². The normalized spacial score (nSPS) is 13.0. The van der Waals surface area contributed by atoms with Gasteiger partial charge in [0, 0.05) is 13.0 Å². The second kappa shape index (κ2) is 16.0. The summed E-state index contributed by atoms with van der Waals surface area (Å²) >= 11 is 0. The number of alkyl halides is 5. The Bertz CT molecular complexity index is 1440. The van der Waals surface area contributed by atoms with Crippen molar-refractivity contribution >= 4 is 21.0 Å². The van der Waals surface area contributed by atoms with Gasteiger partial charge in [0.15, 0.2) is 0 Å². The van der Waals surface area contributed by atoms with E-state index in [0.717, 1.165) is 28.7 Å². The van der Waals surface area contributed by atoms with Crippen molar-refractivity contribution in [3.63, 3.8) is 0 Å². The maximum Gasteiger partial charge on any atom is 0.453 e. The van der Waals surface area contributed by atoms with Gasteiger partial charge in [-0.25, -0.2) is 8.42 Å². The topological polar surface area (TPSA) is 75.6 Å². The summed E-state index contributed by atoms with van der Waals surface area (Å²) in [4.78, 5) is 0. The lowest BCUT2D eigenvalue weighted by Crippen LogP contribution is -2.36. The van der Waals surface area contributed by atoms with E-state index in [1.165, 1.54) is 5.57 Å². The molecule has 240 valence electrons. The minimum atomic E-state index is -5.67. The number of allylic oxidation sites excluding steroid dienone is 1. The maximum atomic E-state index is 12.9. The van der Waals surface area contributed by atoms with Crippen LogP contribution in [0, 0.1) is 0 Å². The van der Waals surface area contributed by atoms with Crippen LogP contribution in [-0.2, 0) is 9.84 Å². The predicted octanol–water partition coefficient (Wildman–Crippen LogP) is 7.90. The molecule has 0 heterocycles. The molecule has 0 aliphatic rings. The molecular formula is C33H38F5NO4S. The Morgan fingerprint density at radius 1 is 0.773 bits per heavy atom. The zero-order valence-electron chi connectivity index (χ0n) is 24.5. The number of ether oxygens (including phenoxy) is 1. The zero-order chi connectivity index (χ0) is 32.2. The van der Waals surface area contributed by atoms with Gasteiger partial charge in [-0.2, -0.15) is 22.0 Å². The first-order valence-electron chi connectivity index (χ1n) is 14.5. The van der Waals surface area contributed by atoms with E-state index in [-0.39, 0.29) is 17.9 Å². The van der Waals surface area contributed by atoms with Crippen molar-refractivity contribution in [3.05, 3.63) is 95.6 Å². The smallest absolute Gasteiger partial charge is 0.453 e. The summed E-state index contributed by atoms with van der Waals surface area (Å²) in [6.07, 6.45) is -6.38. The summed E-state index contributed by atoms with van der Waals surface area (Å²) in [5.74, 6) is -4.97. The number of rotatable bonds is 17. The molecule has 44 heavy (non-hydrogen) atoms. The van der Waals surface area contributed by atoms with E-state index in [1.807, 2.05) is 54.6 Å². The number of nitrogens with one attached hydrogen (secondary N) is 1. The molecule has 0 saturated heterocycles. The van der Waals surface area contributed by atoms with Crippen LogP contribution in [0.25, 0.3) is 11.1 Å². The summed E-state index contributed by atoms with van der Waals surface area (Å²) in [5.41, 5.74) is 5.34. The second-order valence-corrected chi connectivity index (χ2v) is 12.7. The number of aromatic hydroxyl groups is 1. The van der Waals surface area contributed by atoms with Crippen LogP contribution in [0.2, 0.25) is 0 Å². The van der Waals surface area contributed by atoms with Crippen LogP contribution in [0.3, 0.4) is 0 Å². The van der Waals surface area contributed by atoms with Gasteiger partial charge in [0.05, 0.1) is 11.5 Å². The maximum absolute atomic E-state index is 12.9. The molecule has 3 aromatic rings. The molecule has 3 rings (SSSR count). The molecule has 0 aromatic heterocycles. The summed E-state index contributed by atoms with van der Waals surface area (Å²) in [5, 5.41) is 13.0. The molecular weight excluding hydrogens is 601 g/mol. The van der Waals surface area contributed by atoms with Crippen LogP contribution >= 0.6 is 0 Å². The van der Waals surface area contributed by atoms with Crippen molar-refractivity contribution in [2.45, 2.75) is 51.1 Å². The fraction of sp³-hybridized carbons (Fsp3) is 0.394. The number of halogens is 5. The van der Waals surface area contributed by atoms with Gasteiger partial charge >= 0.3 is 12.1 Å². The molecule has 0 spiro atoms. The molecule has 2 N–H and O–H groups in total. The van der Waals surface area contributed by atoms with Crippen LogP contribution < -0.4 is 10.1 Å². The lowest BCUT2D eigenvalue weighted by molar-refractivity contribution is -0.284. The van der Waals surface area contributed by atoms with E-state index in [4.69, 9.17) is 4.74 Å². The van der Waals surface area contributed by atoms with Crippen molar-refractivity contribution in [3.8, 4) is 11.5 Å². The number of hydrogen-bond donors (Lipinski definition) is 2. The van der Waals surface area contributed by atoms with E-state index < -0.39 is 40.5 Å². The summed E-state index contributed by atoms with van der Waals surface area (Å²) in [6.45, 7) is 3.49. The van der Waals surface area contributed by atoms with Gasteiger partial charge in [0.25, 0.3) is 0 Å². The molecule has 0 atom stereocenters. The lowest BCUT2D eigenvalue weighted by Gasteiger charge is -2.19. The number of benzene rings is 3. The second-order valence-electron chi connectivity index (χ2n) is 10.4. The lowest BCUT2D eigenvalue weighted by atomic mass is 9.88. The Morgan fingerprint density at radius 3 is 1.95 bits per heavy atom. The first-order chi connectivity index (χ1) is 20.8. The summed E-state index contributed by atoms with van der Waals surface area (Å²) in [7, 11) is -3.70. The first-order valence-corrected chi connectivity index (χ1v) is 16.3. The molecule has 0 amide bonds. The minimum Gasteiger partial charge on any atom is -0.508 e. The van der Waals surface area contributed by atoms with Crippen molar-refractivity contribution in [1.29, 1.82) is 0 Å². The third kappa shape index (κ3) is 10.6. The fourth-order valence-corrected chi connectivity index (χ4v) is 6.15. The van der Waals surface area contributed by atoms with Gasteiger partial charge in [-0.1, -0.05) is 61.5 Å². The number of phenols is 1. The van der Waals surface area contributed by atoms with Crippen molar-refractivity contribution in [2.75, 3.05) is 31.2 Å². The molecule has 5 nitrogen and oxygen atoms in total. The number of hydrogen-bond acceptors (Lipinski definition) is 5. The molecule has 0 radical (unpaired) electrons. The molecule has 11 heteroatoms. The minimum absolute atomic E-state index is 0.196. The van der Waals surface area contributed by atoms with Gasteiger partial charge in [0.1, 0.15) is 27.9 Å². The highest BCUT2D eigenvalue weighted by molar-refractivity contribution is 7.91. The van der Waals surface area contributed by atoms with E-state index in [2.05, 4.69) is 24.4 Å². The third-order valence-corrected chi connectivity index (χ3v) is 8.87. The van der Waals surface area contributed by atoms with E-state index in [1.54, 1.807) is 12.1 Å². The third-order valence-electron chi connectivity index (χ3n) is 7.04. The molecule has 0 bridgehead atoms. The van der Waals surface area contributed by atoms with Crippen molar-refractivity contribution in [1.82, 2.24) is 5.32 Å². The van der Waals surface area contributed by atoms with Crippen LogP contribution in [0.15, 0.2) is 78.9 Å². The van der Waals surface area contributed by atoms with Gasteiger partial charge in [-0.3, -0.25) is 0 Å². The summed E-state index contributed by atoms with van der Waals surface area (Å²) in [6, 6.07) is 25.1. The molecule has 0 unspecified atom stereocenters. The molecule has 0 fully saturated rings. The van der Waals surface area contributed by atoms with Crippen LogP contribution in [0.5, 0.6) is 11.5 Å². The van der Waals surface area contributed by atoms with Crippen molar-refractivity contribution < 1.29 is 40.2 Å². The zero-order valence-corrected chi connectivity index (χ0v) is 25.4. The monoisotopic (exact) mass is 639 g/mol. The van der Waals surface area contributed by atoms with Crippen LogP contribution in [0.4, 0.5) is 22.0 Å². The largest absolute Gasteiger partial charge is 0.508 e. The Balaban J connectivity index is 1.46. The number of phenolic OH excluding ortho intramolecular Hbond substituents is 1. The Kier molecular flexibility index (Phi) is 12.8. The molecule has 3 aromatic carbocycles. The summed E-state index contributed by atoms with van der Waals surface area (Å²) < 4.78 is 92.3. The van der Waals surface area contributed by atoms with Gasteiger partial charge in [0.2, 0.25) is 0 Å². The number of sulfone groups is 1. The highest BCUT2D eigenvalue weighted by atomic mass is 32.2. The van der Waals surface area contributed by atoms with E-state index in [9.17, 15) is 35.5 Å². The quantitative estimate of drug-likeness (QED) is 0.0893. The Morgan fingerprint density at radius 2 is 1.36 bits per heavy atom. The standard InChI is InChI=1S/C33H38F5NO4S/c1-2-30(25-9-4-3-5-10-25)31(26-11-15-28(40)16-12-26)27-13-17-29(18-14-27)43-22-21-39-20-6-7-23-44(41,42)24-8-19-32(34,35)33(36,37)38/h3-5,9-18,39-40H,2,6-8,19-24H2,1H3/b31-30+. The van der Waals surface area contributed by atoms with E-state index in [0.29, 0.717) is 31.9 Å². The Hall–Kier alpha value is -3.44. The van der Waals surface area contributed by atoms with Crippen molar-refractivity contribution in [2.24, 2.45) is 0 Å². The van der Waals surface area contributed by atoms with E-state index >= 15 is 0 Å². The highest BCUT2D eigenvalue weighted by Gasteiger charge is 2.56. The molecule has 0 saturated carbocycles. The average Bonchev–Trinajstić information content (AvgIpc) is 2.98. The first kappa shape index (κ1) is 35.0. The van der Waals surface area contributed by atoms with Gasteiger partial charge in [-0.15, -0.1) is 0 Å². The van der Waals surface area contributed by atoms with Crippen LogP contribution in [0.1, 0.15) is 55.7 Å². The SMILES string of the molecule is CC/C(=C(/c1ccc(O)cc1)c1ccc(OCCNCCCCS(=O)(=O)CCCC(F)(F)C(F)(F)F)cc1)c1ccccc1. The molecule has 0 aliphatic heterocycles. The van der Waals surface area contributed by atoms with Crippen LogP contribution in [-0.4, -0.2) is 56.8 Å². The highest BCUT2D eigenvalue weighted by Crippen LogP contribution is 2.39.